The highest BCUT2D eigenvalue weighted by atomic mass is 32.2. The Morgan fingerprint density at radius 1 is 0.902 bits per heavy atom. The van der Waals surface area contributed by atoms with E-state index >= 15 is 0 Å². The number of sulfonamides is 1. The van der Waals surface area contributed by atoms with E-state index in [0.29, 0.717) is 12.1 Å². The topological polar surface area (TPSA) is 86.8 Å². The molecule has 1 fully saturated rings. The quantitative estimate of drug-likeness (QED) is 0.325. The minimum Gasteiger partial charge on any atom is -0.352 e. The van der Waals surface area contributed by atoms with Gasteiger partial charge < -0.3 is 10.2 Å². The van der Waals surface area contributed by atoms with Gasteiger partial charge in [0.05, 0.1) is 10.6 Å². The first-order valence-corrected chi connectivity index (χ1v) is 15.5. The fourth-order valence-electron chi connectivity index (χ4n) is 5.15. The molecule has 9 heteroatoms. The van der Waals surface area contributed by atoms with Gasteiger partial charge in [-0.2, -0.15) is 0 Å². The molecule has 2 amide bonds. The Balaban J connectivity index is 1.70. The number of carbonyl (C=O) groups is 2. The van der Waals surface area contributed by atoms with Gasteiger partial charge in [0.25, 0.3) is 10.0 Å². The van der Waals surface area contributed by atoms with E-state index in [9.17, 15) is 22.4 Å². The zero-order chi connectivity index (χ0) is 29.6. The highest BCUT2D eigenvalue weighted by Gasteiger charge is 2.34. The van der Waals surface area contributed by atoms with E-state index in [-0.39, 0.29) is 23.4 Å². The lowest BCUT2D eigenvalue weighted by molar-refractivity contribution is -0.140. The Kier molecular flexibility index (Phi) is 9.81. The Bertz CT molecular complexity index is 1440. The molecule has 218 valence electrons. The van der Waals surface area contributed by atoms with Crippen molar-refractivity contribution < 1.29 is 22.4 Å². The molecule has 0 saturated heterocycles. The van der Waals surface area contributed by atoms with Crippen molar-refractivity contribution in [1.82, 2.24) is 10.2 Å². The molecule has 0 spiro atoms. The van der Waals surface area contributed by atoms with Crippen LogP contribution in [0.4, 0.5) is 10.1 Å². The zero-order valence-corrected chi connectivity index (χ0v) is 24.7. The lowest BCUT2D eigenvalue weighted by Gasteiger charge is -2.33. The molecular weight excluding hydrogens is 541 g/mol. The van der Waals surface area contributed by atoms with Crippen LogP contribution in [0.5, 0.6) is 0 Å². The molecule has 1 aliphatic carbocycles. The molecular formula is C32H38FN3O4S. The lowest BCUT2D eigenvalue weighted by Crippen LogP contribution is -2.53. The van der Waals surface area contributed by atoms with Crippen LogP contribution in [0.3, 0.4) is 0 Å². The van der Waals surface area contributed by atoms with Crippen LogP contribution in [0.1, 0.15) is 55.7 Å². The fraction of sp³-hybridized carbons (Fsp3) is 0.375. The van der Waals surface area contributed by atoms with Crippen LogP contribution in [0.25, 0.3) is 0 Å². The molecule has 3 aromatic rings. The molecule has 0 aliphatic heterocycles. The summed E-state index contributed by atoms with van der Waals surface area (Å²) < 4.78 is 42.3. The van der Waals surface area contributed by atoms with E-state index in [0.717, 1.165) is 58.8 Å². The van der Waals surface area contributed by atoms with Crippen LogP contribution >= 0.6 is 0 Å². The molecule has 0 unspecified atom stereocenters. The van der Waals surface area contributed by atoms with Gasteiger partial charge in [-0.25, -0.2) is 12.8 Å². The summed E-state index contributed by atoms with van der Waals surface area (Å²) in [7, 11) is -4.24. The highest BCUT2D eigenvalue weighted by molar-refractivity contribution is 7.92. The second-order valence-corrected chi connectivity index (χ2v) is 12.6. The van der Waals surface area contributed by atoms with E-state index in [1.807, 2.05) is 45.0 Å². The smallest absolute Gasteiger partial charge is 0.264 e. The number of carbonyl (C=O) groups excluding carboxylic acids is 2. The van der Waals surface area contributed by atoms with Gasteiger partial charge in [0.15, 0.2) is 0 Å². The number of hydrogen-bond donors (Lipinski definition) is 1. The largest absolute Gasteiger partial charge is 0.352 e. The first kappa shape index (κ1) is 30.2. The molecule has 4 rings (SSSR count). The van der Waals surface area contributed by atoms with Gasteiger partial charge in [-0.1, -0.05) is 67.3 Å². The van der Waals surface area contributed by atoms with Crippen molar-refractivity contribution in [2.45, 2.75) is 76.4 Å². The van der Waals surface area contributed by atoms with Gasteiger partial charge in [-0.15, -0.1) is 0 Å². The molecule has 1 atom stereocenters. The van der Waals surface area contributed by atoms with Crippen LogP contribution in [0.2, 0.25) is 0 Å². The second-order valence-electron chi connectivity index (χ2n) is 10.7. The van der Waals surface area contributed by atoms with Crippen LogP contribution in [-0.2, 0) is 26.2 Å². The minimum atomic E-state index is -4.24. The van der Waals surface area contributed by atoms with Gasteiger partial charge in [0, 0.05) is 12.6 Å². The zero-order valence-electron chi connectivity index (χ0n) is 23.8. The molecule has 1 aliphatic rings. The fourth-order valence-corrected chi connectivity index (χ4v) is 6.56. The standard InChI is InChI=1S/C32H38FN3O4S/c1-4-30(32(38)34-27-7-5-6-8-27)35(21-25-13-9-23(2)10-14-25)31(37)22-36(28-17-11-24(3)12-18-28)41(39,40)29-19-15-26(33)16-20-29/h9-20,27,30H,4-8,21-22H2,1-3H3,(H,34,38)/t30-/m0/s1. The molecule has 0 heterocycles. The third kappa shape index (κ3) is 7.52. The van der Waals surface area contributed by atoms with Gasteiger partial charge >= 0.3 is 0 Å². The maximum Gasteiger partial charge on any atom is 0.264 e. The SMILES string of the molecule is CC[C@@H](C(=O)NC1CCCC1)N(Cc1ccc(C)cc1)C(=O)CN(c1ccc(C)cc1)S(=O)(=O)c1ccc(F)cc1. The summed E-state index contributed by atoms with van der Waals surface area (Å²) >= 11 is 0. The maximum atomic E-state index is 14.1. The normalized spacial score (nSPS) is 14.4. The molecule has 0 radical (unpaired) electrons. The van der Waals surface area contributed by atoms with Crippen molar-refractivity contribution in [2.75, 3.05) is 10.8 Å². The van der Waals surface area contributed by atoms with E-state index < -0.39 is 34.3 Å². The average molecular weight is 580 g/mol. The molecule has 7 nitrogen and oxygen atoms in total. The van der Waals surface area contributed by atoms with E-state index in [1.54, 1.807) is 24.3 Å². The monoisotopic (exact) mass is 579 g/mol. The number of amides is 2. The predicted octanol–water partition coefficient (Wildman–Crippen LogP) is 5.50. The van der Waals surface area contributed by atoms with Gasteiger partial charge in [-0.05, 0) is 75.1 Å². The van der Waals surface area contributed by atoms with Crippen LogP contribution < -0.4 is 9.62 Å². The van der Waals surface area contributed by atoms with Gasteiger partial charge in [-0.3, -0.25) is 13.9 Å². The number of aryl methyl sites for hydroxylation is 2. The molecule has 41 heavy (non-hydrogen) atoms. The van der Waals surface area contributed by atoms with E-state index in [1.165, 1.54) is 17.0 Å². The maximum absolute atomic E-state index is 14.1. The highest BCUT2D eigenvalue weighted by Crippen LogP contribution is 2.26. The minimum absolute atomic E-state index is 0.0794. The summed E-state index contributed by atoms with van der Waals surface area (Å²) in [4.78, 5) is 29.0. The number of halogens is 1. The third-order valence-electron chi connectivity index (χ3n) is 7.56. The number of benzene rings is 3. The third-order valence-corrected chi connectivity index (χ3v) is 9.35. The summed E-state index contributed by atoms with van der Waals surface area (Å²) in [6.45, 7) is 5.32. The van der Waals surface area contributed by atoms with Crippen molar-refractivity contribution in [3.63, 3.8) is 0 Å². The molecule has 0 bridgehead atoms. The van der Waals surface area contributed by atoms with Crippen molar-refractivity contribution in [3.05, 3.63) is 95.3 Å². The first-order valence-electron chi connectivity index (χ1n) is 14.1. The van der Waals surface area contributed by atoms with Crippen molar-refractivity contribution in [3.8, 4) is 0 Å². The van der Waals surface area contributed by atoms with Gasteiger partial charge in [0.1, 0.15) is 18.4 Å². The number of rotatable bonds is 11. The van der Waals surface area contributed by atoms with Crippen LogP contribution in [-0.4, -0.2) is 43.8 Å². The number of anilines is 1. The Morgan fingerprint density at radius 3 is 2.02 bits per heavy atom. The van der Waals surface area contributed by atoms with Crippen molar-refractivity contribution in [1.29, 1.82) is 0 Å². The summed E-state index contributed by atoms with van der Waals surface area (Å²) in [6, 6.07) is 18.3. The van der Waals surface area contributed by atoms with Crippen molar-refractivity contribution in [2.24, 2.45) is 0 Å². The first-order chi connectivity index (χ1) is 19.6. The van der Waals surface area contributed by atoms with Crippen LogP contribution in [0, 0.1) is 19.7 Å². The Morgan fingerprint density at radius 2 is 1.46 bits per heavy atom. The van der Waals surface area contributed by atoms with Crippen molar-refractivity contribution >= 4 is 27.5 Å². The number of nitrogens with zero attached hydrogens (tertiary/aromatic N) is 2. The van der Waals surface area contributed by atoms with E-state index in [4.69, 9.17) is 0 Å². The Labute approximate surface area is 242 Å². The molecule has 1 N–H and O–H groups in total. The summed E-state index contributed by atoms with van der Waals surface area (Å²) in [6.07, 6.45) is 4.29. The lowest BCUT2D eigenvalue weighted by atomic mass is 10.1. The van der Waals surface area contributed by atoms with E-state index in [2.05, 4.69) is 5.32 Å². The summed E-state index contributed by atoms with van der Waals surface area (Å²) in [5.41, 5.74) is 3.12. The summed E-state index contributed by atoms with van der Waals surface area (Å²) in [5.74, 6) is -1.31. The molecule has 0 aromatic heterocycles. The number of nitrogens with one attached hydrogen (secondary N) is 1. The Hall–Kier alpha value is -3.72. The van der Waals surface area contributed by atoms with Gasteiger partial charge in [0.2, 0.25) is 11.8 Å². The second kappa shape index (κ2) is 13.3. The average Bonchev–Trinajstić information content (AvgIpc) is 3.46. The number of hydrogen-bond acceptors (Lipinski definition) is 4. The van der Waals surface area contributed by atoms with Crippen LogP contribution in [0.15, 0.2) is 77.7 Å². The predicted molar refractivity (Wildman–Crippen MR) is 158 cm³/mol. The molecule has 1 saturated carbocycles. The molecule has 3 aromatic carbocycles. The summed E-state index contributed by atoms with van der Waals surface area (Å²) in [5, 5.41) is 3.11.